The number of phosphoric acid groups is 1. The first-order valence-corrected chi connectivity index (χ1v) is 5.64. The molecule has 1 saturated heterocycles. The second kappa shape index (κ2) is 5.09. The number of phosphoric ester groups is 1. The standard InChI is InChI=1S/C5H10N3O7P/c6-8-7-5-4(10)3(9)2(15-5)1-14-16(11,12)13/h2-5,9-10H,1H2,(H2,11,12,13)/t2-,3?,4?,5-/m1/s1. The highest BCUT2D eigenvalue weighted by Crippen LogP contribution is 2.37. The lowest BCUT2D eigenvalue weighted by molar-refractivity contribution is -0.0195. The van der Waals surface area contributed by atoms with Crippen molar-refractivity contribution in [3.8, 4) is 0 Å². The SMILES string of the molecule is [N-]=[N+]=N[C@@H]1O[C@H](COP(=O)(O)O)C(O)C1O. The predicted molar refractivity (Wildman–Crippen MR) is 47.8 cm³/mol. The van der Waals surface area contributed by atoms with Gasteiger partial charge >= 0.3 is 7.82 Å². The summed E-state index contributed by atoms with van der Waals surface area (Å²) in [4.78, 5) is 19.2. The van der Waals surface area contributed by atoms with Gasteiger partial charge in [-0.05, 0) is 5.53 Å². The van der Waals surface area contributed by atoms with E-state index >= 15 is 0 Å². The third-order valence-corrected chi connectivity index (χ3v) is 2.40. The van der Waals surface area contributed by atoms with Crippen molar-refractivity contribution in [3.63, 3.8) is 0 Å². The highest BCUT2D eigenvalue weighted by molar-refractivity contribution is 7.46. The normalized spacial score (nSPS) is 34.8. The van der Waals surface area contributed by atoms with E-state index in [1.165, 1.54) is 0 Å². The average molecular weight is 255 g/mol. The monoisotopic (exact) mass is 255 g/mol. The zero-order valence-electron chi connectivity index (χ0n) is 7.82. The molecule has 4 atom stereocenters. The lowest BCUT2D eigenvalue weighted by atomic mass is 10.1. The molecule has 0 aromatic carbocycles. The molecule has 1 aliphatic rings. The van der Waals surface area contributed by atoms with Crippen LogP contribution in [0.4, 0.5) is 0 Å². The third kappa shape index (κ3) is 3.41. The topological polar surface area (TPSA) is 165 Å². The largest absolute Gasteiger partial charge is 0.469 e. The Morgan fingerprint density at radius 1 is 1.44 bits per heavy atom. The van der Waals surface area contributed by atoms with Crippen LogP contribution in [0.3, 0.4) is 0 Å². The molecular formula is C5H10N3O7P. The van der Waals surface area contributed by atoms with E-state index in [1.54, 1.807) is 0 Å². The maximum atomic E-state index is 10.4. The van der Waals surface area contributed by atoms with Crippen molar-refractivity contribution in [1.29, 1.82) is 0 Å². The summed E-state index contributed by atoms with van der Waals surface area (Å²) in [6.45, 7) is -0.625. The van der Waals surface area contributed by atoms with Crippen molar-refractivity contribution in [3.05, 3.63) is 10.4 Å². The van der Waals surface area contributed by atoms with Gasteiger partial charge in [0.25, 0.3) is 0 Å². The average Bonchev–Trinajstić information content (AvgIpc) is 2.43. The minimum absolute atomic E-state index is 0.625. The Morgan fingerprint density at radius 2 is 2.06 bits per heavy atom. The molecule has 16 heavy (non-hydrogen) atoms. The molecule has 0 radical (unpaired) electrons. The first kappa shape index (κ1) is 13.4. The number of hydrogen-bond acceptors (Lipinski definition) is 6. The number of aliphatic hydroxyl groups is 2. The molecule has 0 aromatic rings. The van der Waals surface area contributed by atoms with Crippen molar-refractivity contribution in [2.75, 3.05) is 6.61 Å². The molecule has 0 spiro atoms. The minimum atomic E-state index is -4.68. The number of nitrogens with zero attached hydrogens (tertiary/aromatic N) is 3. The van der Waals surface area contributed by atoms with Crippen LogP contribution in [-0.4, -0.2) is 51.1 Å². The van der Waals surface area contributed by atoms with Crippen LogP contribution in [-0.2, 0) is 13.8 Å². The van der Waals surface area contributed by atoms with Crippen molar-refractivity contribution in [2.45, 2.75) is 24.5 Å². The first-order valence-electron chi connectivity index (χ1n) is 4.11. The maximum absolute atomic E-state index is 10.4. The molecule has 1 aliphatic heterocycles. The minimum Gasteiger partial charge on any atom is -0.388 e. The zero-order chi connectivity index (χ0) is 12.3. The molecule has 0 amide bonds. The fourth-order valence-electron chi connectivity index (χ4n) is 1.18. The third-order valence-electron chi connectivity index (χ3n) is 1.91. The number of azide groups is 1. The summed E-state index contributed by atoms with van der Waals surface area (Å²) in [5, 5.41) is 21.7. The Labute approximate surface area is 89.3 Å². The van der Waals surface area contributed by atoms with Gasteiger partial charge in [0.05, 0.1) is 6.61 Å². The van der Waals surface area contributed by atoms with Crippen LogP contribution in [0.2, 0.25) is 0 Å². The van der Waals surface area contributed by atoms with Gasteiger partial charge in [0.2, 0.25) is 0 Å². The van der Waals surface area contributed by atoms with Crippen LogP contribution in [0.5, 0.6) is 0 Å². The van der Waals surface area contributed by atoms with E-state index in [2.05, 4.69) is 14.5 Å². The lowest BCUT2D eigenvalue weighted by Crippen LogP contribution is -2.33. The molecule has 2 unspecified atom stereocenters. The second-order valence-electron chi connectivity index (χ2n) is 3.04. The number of hydrogen-bond donors (Lipinski definition) is 4. The van der Waals surface area contributed by atoms with E-state index in [1.807, 2.05) is 0 Å². The fraction of sp³-hybridized carbons (Fsp3) is 1.00. The Morgan fingerprint density at radius 3 is 2.56 bits per heavy atom. The zero-order valence-corrected chi connectivity index (χ0v) is 8.71. The number of rotatable bonds is 4. The van der Waals surface area contributed by atoms with Crippen LogP contribution in [0.15, 0.2) is 5.11 Å². The molecule has 11 heteroatoms. The van der Waals surface area contributed by atoms with Crippen LogP contribution in [0, 0.1) is 0 Å². The molecule has 1 rings (SSSR count). The molecule has 4 N–H and O–H groups in total. The van der Waals surface area contributed by atoms with Gasteiger partial charge < -0.3 is 24.7 Å². The Bertz CT molecular complexity index is 339. The number of aliphatic hydroxyl groups excluding tert-OH is 2. The highest BCUT2D eigenvalue weighted by Gasteiger charge is 2.43. The fourth-order valence-corrected chi connectivity index (χ4v) is 1.52. The van der Waals surface area contributed by atoms with E-state index in [9.17, 15) is 14.8 Å². The predicted octanol–water partition coefficient (Wildman–Crippen LogP) is -1.15. The van der Waals surface area contributed by atoms with Crippen molar-refractivity contribution in [1.82, 2.24) is 0 Å². The molecule has 92 valence electrons. The molecule has 10 nitrogen and oxygen atoms in total. The quantitative estimate of drug-likeness (QED) is 0.213. The molecule has 0 bridgehead atoms. The van der Waals surface area contributed by atoms with Gasteiger partial charge in [-0.1, -0.05) is 5.11 Å². The first-order chi connectivity index (χ1) is 7.35. The number of ether oxygens (including phenoxy) is 1. The van der Waals surface area contributed by atoms with E-state index in [0.29, 0.717) is 0 Å². The summed E-state index contributed by atoms with van der Waals surface area (Å²) in [5.41, 5.74) is 8.11. The van der Waals surface area contributed by atoms with E-state index < -0.39 is 39.0 Å². The van der Waals surface area contributed by atoms with Gasteiger partial charge in [0.15, 0.2) is 6.23 Å². The molecule has 0 aromatic heterocycles. The summed E-state index contributed by atoms with van der Waals surface area (Å²) in [6, 6.07) is 0. The molecule has 1 fully saturated rings. The van der Waals surface area contributed by atoms with Crippen molar-refractivity contribution >= 4 is 7.82 Å². The highest BCUT2D eigenvalue weighted by atomic mass is 31.2. The van der Waals surface area contributed by atoms with Crippen LogP contribution >= 0.6 is 7.82 Å². The maximum Gasteiger partial charge on any atom is 0.469 e. The van der Waals surface area contributed by atoms with E-state index in [-0.39, 0.29) is 0 Å². The summed E-state index contributed by atoms with van der Waals surface area (Å²) < 4.78 is 19.3. The van der Waals surface area contributed by atoms with Crippen molar-refractivity contribution in [2.24, 2.45) is 5.11 Å². The Kier molecular flexibility index (Phi) is 4.25. The summed E-state index contributed by atoms with van der Waals surface area (Å²) in [7, 11) is -4.68. The Balaban J connectivity index is 2.57. The summed E-state index contributed by atoms with van der Waals surface area (Å²) in [5.74, 6) is 0. The second-order valence-corrected chi connectivity index (χ2v) is 4.28. The summed E-state index contributed by atoms with van der Waals surface area (Å²) >= 11 is 0. The van der Waals surface area contributed by atoms with Gasteiger partial charge in [0.1, 0.15) is 18.3 Å². The Hall–Kier alpha value is -0.700. The summed E-state index contributed by atoms with van der Waals surface area (Å²) in [6.07, 6.45) is -5.37. The van der Waals surface area contributed by atoms with Gasteiger partial charge in [-0.25, -0.2) is 4.57 Å². The van der Waals surface area contributed by atoms with E-state index in [4.69, 9.17) is 20.1 Å². The van der Waals surface area contributed by atoms with Gasteiger partial charge in [0, 0.05) is 4.91 Å². The molecule has 1 heterocycles. The van der Waals surface area contributed by atoms with Gasteiger partial charge in [-0.3, -0.25) is 4.52 Å². The lowest BCUT2D eigenvalue weighted by Gasteiger charge is -2.14. The molecular weight excluding hydrogens is 245 g/mol. The van der Waals surface area contributed by atoms with Gasteiger partial charge in [-0.15, -0.1) is 0 Å². The molecule has 0 aliphatic carbocycles. The van der Waals surface area contributed by atoms with Crippen LogP contribution in [0.25, 0.3) is 10.4 Å². The van der Waals surface area contributed by atoms with Gasteiger partial charge in [-0.2, -0.15) is 0 Å². The molecule has 0 saturated carbocycles. The smallest absolute Gasteiger partial charge is 0.388 e. The van der Waals surface area contributed by atoms with Crippen molar-refractivity contribution < 1.29 is 33.8 Å². The van der Waals surface area contributed by atoms with E-state index in [0.717, 1.165) is 0 Å². The van der Waals surface area contributed by atoms with Crippen LogP contribution in [0.1, 0.15) is 0 Å². The van der Waals surface area contributed by atoms with Crippen LogP contribution < -0.4 is 0 Å².